The van der Waals surface area contributed by atoms with Crippen molar-refractivity contribution in [2.45, 2.75) is 45.6 Å². The molecule has 6 nitrogen and oxygen atoms in total. The first-order valence-electron chi connectivity index (χ1n) is 11.4. The van der Waals surface area contributed by atoms with Gasteiger partial charge in [0.25, 0.3) is 5.91 Å². The lowest BCUT2D eigenvalue weighted by molar-refractivity contribution is -0.145. The maximum atomic E-state index is 12.8. The minimum atomic E-state index is -0.0894. The second-order valence-corrected chi connectivity index (χ2v) is 9.91. The molecular formula is C24H32N2O4. The molecule has 5 rings (SSSR count). The Kier molecular flexibility index (Phi) is 5.00. The maximum absolute atomic E-state index is 12.8. The van der Waals surface area contributed by atoms with Crippen LogP contribution >= 0.6 is 0 Å². The van der Waals surface area contributed by atoms with Gasteiger partial charge in [-0.25, -0.2) is 0 Å². The van der Waals surface area contributed by atoms with Crippen molar-refractivity contribution < 1.29 is 18.7 Å². The summed E-state index contributed by atoms with van der Waals surface area (Å²) in [6.07, 6.45) is 8.69. The van der Waals surface area contributed by atoms with Gasteiger partial charge in [0.05, 0.1) is 12.2 Å². The Hall–Kier alpha value is -2.08. The highest BCUT2D eigenvalue weighted by Crippen LogP contribution is 2.54. The van der Waals surface area contributed by atoms with Crippen LogP contribution in [0.4, 0.5) is 0 Å². The number of furan rings is 1. The number of allylic oxidation sites excluding steroid dienone is 1. The maximum Gasteiger partial charge on any atom is 0.311 e. The van der Waals surface area contributed by atoms with Crippen molar-refractivity contribution in [1.82, 2.24) is 9.80 Å². The average Bonchev–Trinajstić information content (AvgIpc) is 3.35. The summed E-state index contributed by atoms with van der Waals surface area (Å²) in [6.45, 7) is 8.29. The van der Waals surface area contributed by atoms with Crippen LogP contribution in [0.15, 0.2) is 34.5 Å². The summed E-state index contributed by atoms with van der Waals surface area (Å²) in [5.74, 6) is 1.02. The molecule has 30 heavy (non-hydrogen) atoms. The second kappa shape index (κ2) is 7.56. The molecule has 0 N–H and O–H groups in total. The molecular weight excluding hydrogens is 380 g/mol. The van der Waals surface area contributed by atoms with Crippen LogP contribution in [-0.4, -0.2) is 60.5 Å². The molecule has 6 heteroatoms. The fourth-order valence-electron chi connectivity index (χ4n) is 6.23. The normalized spacial score (nSPS) is 36.7. The smallest absolute Gasteiger partial charge is 0.311 e. The molecule has 1 aromatic rings. The van der Waals surface area contributed by atoms with E-state index in [1.807, 2.05) is 4.90 Å². The van der Waals surface area contributed by atoms with E-state index in [4.69, 9.17) is 9.15 Å². The van der Waals surface area contributed by atoms with E-state index in [1.165, 1.54) is 25.5 Å². The molecule has 2 saturated heterocycles. The highest BCUT2D eigenvalue weighted by atomic mass is 16.6. The number of hydrogen-bond donors (Lipinski definition) is 0. The Balaban J connectivity index is 1.25. The van der Waals surface area contributed by atoms with Crippen LogP contribution in [0.1, 0.15) is 50.1 Å². The number of fused-ring (bicyclic) bond motifs is 2. The number of amides is 1. The van der Waals surface area contributed by atoms with Crippen LogP contribution in [0, 0.1) is 23.2 Å². The number of rotatable bonds is 3. The first-order valence-corrected chi connectivity index (χ1v) is 11.4. The summed E-state index contributed by atoms with van der Waals surface area (Å²) in [5, 5.41) is 0. The summed E-state index contributed by atoms with van der Waals surface area (Å²) in [7, 11) is 0. The van der Waals surface area contributed by atoms with E-state index in [9.17, 15) is 9.59 Å². The average molecular weight is 413 g/mol. The zero-order chi connectivity index (χ0) is 20.9. The van der Waals surface area contributed by atoms with Crippen molar-refractivity contribution >= 4 is 11.9 Å². The van der Waals surface area contributed by atoms with E-state index in [-0.39, 0.29) is 35.2 Å². The van der Waals surface area contributed by atoms with Gasteiger partial charge in [0.1, 0.15) is 6.10 Å². The predicted molar refractivity (Wildman–Crippen MR) is 112 cm³/mol. The first-order chi connectivity index (χ1) is 14.4. The lowest BCUT2D eigenvalue weighted by Crippen LogP contribution is -2.50. The summed E-state index contributed by atoms with van der Waals surface area (Å²) >= 11 is 0. The Morgan fingerprint density at radius 3 is 2.80 bits per heavy atom. The fourth-order valence-corrected chi connectivity index (χ4v) is 6.23. The molecule has 0 bridgehead atoms. The van der Waals surface area contributed by atoms with Crippen LogP contribution in [0.2, 0.25) is 0 Å². The minimum Gasteiger partial charge on any atom is -0.461 e. The SMILES string of the molecule is C[C@@H]1CCC[C@]2(C)C[C@@H]3OC(=O)[C@@H](CN4CCN(C(=O)c5ccco5)CC4)[C@@H]3C=C12. The highest BCUT2D eigenvalue weighted by molar-refractivity contribution is 5.91. The van der Waals surface area contributed by atoms with Gasteiger partial charge in [0, 0.05) is 38.6 Å². The zero-order valence-electron chi connectivity index (χ0n) is 18.0. The van der Waals surface area contributed by atoms with E-state index >= 15 is 0 Å². The monoisotopic (exact) mass is 412 g/mol. The van der Waals surface area contributed by atoms with E-state index < -0.39 is 0 Å². The van der Waals surface area contributed by atoms with Gasteiger partial charge < -0.3 is 14.1 Å². The Bertz CT molecular complexity index is 839. The molecule has 2 aliphatic carbocycles. The Labute approximate surface area is 178 Å². The number of hydrogen-bond acceptors (Lipinski definition) is 5. The van der Waals surface area contributed by atoms with Crippen LogP contribution in [-0.2, 0) is 9.53 Å². The standard InChI is InChI=1S/C24H32N2O4/c1-16-5-3-7-24(2)14-21-17(13-19(16)24)18(23(28)30-21)15-25-8-10-26(11-9-25)22(27)20-6-4-12-29-20/h4,6,12-13,16-18,21H,3,5,7-11,14-15H2,1-2H3/t16-,17+,18+,21+,24-/m1/s1. The first kappa shape index (κ1) is 19.9. The van der Waals surface area contributed by atoms with Crippen molar-refractivity contribution in [3.63, 3.8) is 0 Å². The molecule has 0 unspecified atom stereocenters. The summed E-state index contributed by atoms with van der Waals surface area (Å²) in [4.78, 5) is 29.4. The molecule has 1 aromatic heterocycles. The van der Waals surface area contributed by atoms with Gasteiger partial charge >= 0.3 is 5.97 Å². The van der Waals surface area contributed by atoms with E-state index in [0.29, 0.717) is 24.8 Å². The molecule has 3 fully saturated rings. The number of nitrogens with zero attached hydrogens (tertiary/aromatic N) is 2. The van der Waals surface area contributed by atoms with E-state index in [2.05, 4.69) is 24.8 Å². The quantitative estimate of drug-likeness (QED) is 0.563. The number of esters is 1. The molecule has 4 aliphatic rings. The van der Waals surface area contributed by atoms with Gasteiger partial charge in [-0.2, -0.15) is 0 Å². The van der Waals surface area contributed by atoms with Crippen molar-refractivity contribution in [2.75, 3.05) is 32.7 Å². The molecule has 0 aromatic carbocycles. The lowest BCUT2D eigenvalue weighted by atomic mass is 9.59. The molecule has 1 saturated carbocycles. The summed E-state index contributed by atoms with van der Waals surface area (Å²) in [6, 6.07) is 3.45. The van der Waals surface area contributed by atoms with Gasteiger partial charge in [-0.15, -0.1) is 0 Å². The van der Waals surface area contributed by atoms with Crippen molar-refractivity contribution in [1.29, 1.82) is 0 Å². The van der Waals surface area contributed by atoms with Crippen LogP contribution < -0.4 is 0 Å². The fraction of sp³-hybridized carbons (Fsp3) is 0.667. The van der Waals surface area contributed by atoms with Gasteiger partial charge in [-0.3, -0.25) is 14.5 Å². The van der Waals surface area contributed by atoms with Crippen molar-refractivity contribution in [3.8, 4) is 0 Å². The van der Waals surface area contributed by atoms with Gasteiger partial charge in [0.15, 0.2) is 5.76 Å². The zero-order valence-corrected chi connectivity index (χ0v) is 18.0. The molecule has 162 valence electrons. The Morgan fingerprint density at radius 2 is 2.07 bits per heavy atom. The minimum absolute atomic E-state index is 0.0309. The molecule has 0 radical (unpaired) electrons. The second-order valence-electron chi connectivity index (χ2n) is 9.91. The van der Waals surface area contributed by atoms with Crippen molar-refractivity contribution in [3.05, 3.63) is 35.8 Å². The van der Waals surface area contributed by atoms with Crippen LogP contribution in [0.5, 0.6) is 0 Å². The third-order valence-electron chi connectivity index (χ3n) is 7.93. The number of carbonyl (C=O) groups is 2. The van der Waals surface area contributed by atoms with Gasteiger partial charge in [-0.05, 0) is 42.7 Å². The third-order valence-corrected chi connectivity index (χ3v) is 7.93. The van der Waals surface area contributed by atoms with Crippen molar-refractivity contribution in [2.24, 2.45) is 23.2 Å². The third kappa shape index (κ3) is 3.39. The highest BCUT2D eigenvalue weighted by Gasteiger charge is 2.52. The van der Waals surface area contributed by atoms with Crippen LogP contribution in [0.25, 0.3) is 0 Å². The lowest BCUT2D eigenvalue weighted by Gasteiger charge is -2.46. The predicted octanol–water partition coefficient (Wildman–Crippen LogP) is 3.35. The molecule has 2 aliphatic heterocycles. The van der Waals surface area contributed by atoms with E-state index in [1.54, 1.807) is 17.7 Å². The molecule has 3 heterocycles. The van der Waals surface area contributed by atoms with Crippen LogP contribution in [0.3, 0.4) is 0 Å². The van der Waals surface area contributed by atoms with Gasteiger partial charge in [0.2, 0.25) is 0 Å². The topological polar surface area (TPSA) is 63.0 Å². The molecule has 0 spiro atoms. The van der Waals surface area contributed by atoms with E-state index in [0.717, 1.165) is 26.1 Å². The molecule has 5 atom stereocenters. The summed E-state index contributed by atoms with van der Waals surface area (Å²) in [5.41, 5.74) is 1.76. The molecule has 1 amide bonds. The number of ether oxygens (including phenoxy) is 1. The number of carbonyl (C=O) groups excluding carboxylic acids is 2. The summed E-state index contributed by atoms with van der Waals surface area (Å²) < 4.78 is 11.1. The Morgan fingerprint density at radius 1 is 1.27 bits per heavy atom. The largest absolute Gasteiger partial charge is 0.461 e. The number of piperazine rings is 1. The van der Waals surface area contributed by atoms with Gasteiger partial charge in [-0.1, -0.05) is 31.9 Å².